The van der Waals surface area contributed by atoms with Crippen LogP contribution in [0.2, 0.25) is 0 Å². The molecule has 2 aromatic rings. The highest BCUT2D eigenvalue weighted by Gasteiger charge is 2.07. The summed E-state index contributed by atoms with van der Waals surface area (Å²) in [7, 11) is 5.28. The van der Waals surface area contributed by atoms with Gasteiger partial charge in [0.25, 0.3) is 5.91 Å². The molecule has 162 valence electrons. The summed E-state index contributed by atoms with van der Waals surface area (Å²) in [5.41, 5.74) is 4.34. The van der Waals surface area contributed by atoms with Crippen molar-refractivity contribution >= 4 is 11.9 Å². The number of benzene rings is 2. The Balaban J connectivity index is 1.87. The fourth-order valence-corrected chi connectivity index (χ4v) is 3.16. The minimum Gasteiger partial charge on any atom is -0.352 e. The van der Waals surface area contributed by atoms with Crippen LogP contribution < -0.4 is 10.6 Å². The first-order valence-corrected chi connectivity index (χ1v) is 10.5. The van der Waals surface area contributed by atoms with Crippen molar-refractivity contribution in [2.75, 3.05) is 34.2 Å². The summed E-state index contributed by atoms with van der Waals surface area (Å²) in [6, 6.07) is 16.3. The summed E-state index contributed by atoms with van der Waals surface area (Å²) < 4.78 is 0. The van der Waals surface area contributed by atoms with E-state index < -0.39 is 0 Å². The Morgan fingerprint density at radius 1 is 0.900 bits per heavy atom. The predicted molar refractivity (Wildman–Crippen MR) is 125 cm³/mol. The van der Waals surface area contributed by atoms with Gasteiger partial charge in [-0.3, -0.25) is 14.7 Å². The van der Waals surface area contributed by atoms with E-state index in [1.165, 1.54) is 11.1 Å². The molecule has 2 rings (SSSR count). The highest BCUT2D eigenvalue weighted by molar-refractivity contribution is 5.93. The summed E-state index contributed by atoms with van der Waals surface area (Å²) in [4.78, 5) is 20.3. The third kappa shape index (κ3) is 7.19. The second-order valence-electron chi connectivity index (χ2n) is 7.46. The first-order chi connectivity index (χ1) is 14.5. The van der Waals surface area contributed by atoms with Crippen molar-refractivity contribution in [3.63, 3.8) is 0 Å². The molecule has 0 heterocycles. The predicted octanol–water partition coefficient (Wildman–Crippen LogP) is 3.10. The summed E-state index contributed by atoms with van der Waals surface area (Å²) in [6.45, 7) is 8.82. The van der Waals surface area contributed by atoms with Gasteiger partial charge in [0, 0.05) is 46.3 Å². The van der Waals surface area contributed by atoms with Crippen LogP contribution >= 0.6 is 0 Å². The highest BCUT2D eigenvalue weighted by Crippen LogP contribution is 2.09. The molecule has 0 unspecified atom stereocenters. The first-order valence-electron chi connectivity index (χ1n) is 10.5. The maximum absolute atomic E-state index is 12.0. The molecule has 0 saturated heterocycles. The Hall–Kier alpha value is -2.86. The van der Waals surface area contributed by atoms with Gasteiger partial charge < -0.3 is 15.5 Å². The maximum Gasteiger partial charge on any atom is 0.253 e. The lowest BCUT2D eigenvalue weighted by Gasteiger charge is -2.18. The van der Waals surface area contributed by atoms with E-state index in [9.17, 15) is 4.79 Å². The smallest absolute Gasteiger partial charge is 0.253 e. The summed E-state index contributed by atoms with van der Waals surface area (Å²) in [5, 5.41) is 6.70. The second kappa shape index (κ2) is 12.0. The van der Waals surface area contributed by atoms with Gasteiger partial charge in [-0.1, -0.05) is 50.2 Å². The average molecular weight is 410 g/mol. The molecule has 0 bridgehead atoms. The fraction of sp³-hybridized carbons (Fsp3) is 0.417. The van der Waals surface area contributed by atoms with Gasteiger partial charge in [-0.15, -0.1) is 0 Å². The minimum atomic E-state index is 0.00945. The molecule has 2 N–H and O–H groups in total. The lowest BCUT2D eigenvalue weighted by atomic mass is 10.1. The van der Waals surface area contributed by atoms with E-state index in [1.54, 1.807) is 26.0 Å². The van der Waals surface area contributed by atoms with Crippen molar-refractivity contribution in [3.8, 4) is 0 Å². The molecule has 0 aliphatic rings. The van der Waals surface area contributed by atoms with Gasteiger partial charge in [0.05, 0.1) is 0 Å². The number of carbonyl (C=O) groups is 1. The Labute approximate surface area is 181 Å². The zero-order valence-electron chi connectivity index (χ0n) is 18.9. The van der Waals surface area contributed by atoms with Crippen LogP contribution in [0.4, 0.5) is 0 Å². The van der Waals surface area contributed by atoms with Crippen LogP contribution in [0, 0.1) is 0 Å². The van der Waals surface area contributed by atoms with E-state index in [4.69, 9.17) is 0 Å². The van der Waals surface area contributed by atoms with Crippen molar-refractivity contribution < 1.29 is 4.79 Å². The molecule has 0 fully saturated rings. The number of guanidine groups is 1. The number of amides is 1. The van der Waals surface area contributed by atoms with Gasteiger partial charge in [0.15, 0.2) is 5.96 Å². The molecule has 0 aliphatic carbocycles. The van der Waals surface area contributed by atoms with Crippen molar-refractivity contribution in [3.05, 3.63) is 70.8 Å². The average Bonchev–Trinajstić information content (AvgIpc) is 2.77. The van der Waals surface area contributed by atoms with Crippen LogP contribution in [-0.2, 0) is 19.6 Å². The van der Waals surface area contributed by atoms with Crippen LogP contribution in [0.25, 0.3) is 0 Å². The van der Waals surface area contributed by atoms with E-state index >= 15 is 0 Å². The number of rotatable bonds is 9. The van der Waals surface area contributed by atoms with Crippen LogP contribution in [-0.4, -0.2) is 55.9 Å². The lowest BCUT2D eigenvalue weighted by Crippen LogP contribution is -2.36. The van der Waals surface area contributed by atoms with E-state index in [-0.39, 0.29) is 5.91 Å². The van der Waals surface area contributed by atoms with Crippen LogP contribution in [0.3, 0.4) is 0 Å². The largest absolute Gasteiger partial charge is 0.352 e. The Kier molecular flexibility index (Phi) is 9.35. The molecule has 30 heavy (non-hydrogen) atoms. The van der Waals surface area contributed by atoms with E-state index in [0.29, 0.717) is 18.7 Å². The van der Waals surface area contributed by atoms with Crippen molar-refractivity contribution in [2.45, 2.75) is 33.5 Å². The molecule has 6 heteroatoms. The fourth-order valence-electron chi connectivity index (χ4n) is 3.16. The molecule has 2 aromatic carbocycles. The number of nitrogens with zero attached hydrogens (tertiary/aromatic N) is 3. The zero-order valence-corrected chi connectivity index (χ0v) is 18.9. The third-order valence-corrected chi connectivity index (χ3v) is 5.04. The number of aliphatic imine (C=N–C) groups is 1. The summed E-state index contributed by atoms with van der Waals surface area (Å²) >= 11 is 0. The van der Waals surface area contributed by atoms with Crippen LogP contribution in [0.15, 0.2) is 53.5 Å². The van der Waals surface area contributed by atoms with Crippen LogP contribution in [0.1, 0.15) is 40.9 Å². The Morgan fingerprint density at radius 2 is 1.50 bits per heavy atom. The Morgan fingerprint density at radius 3 is 2.07 bits per heavy atom. The summed E-state index contributed by atoms with van der Waals surface area (Å²) in [6.07, 6.45) is 0. The van der Waals surface area contributed by atoms with Gasteiger partial charge in [0.1, 0.15) is 0 Å². The highest BCUT2D eigenvalue weighted by atomic mass is 16.2. The number of hydrogen-bond acceptors (Lipinski definition) is 3. The molecular formula is C24H35N5O. The van der Waals surface area contributed by atoms with Gasteiger partial charge in [0.2, 0.25) is 0 Å². The van der Waals surface area contributed by atoms with Crippen molar-refractivity contribution in [1.82, 2.24) is 20.4 Å². The zero-order chi connectivity index (χ0) is 21.9. The van der Waals surface area contributed by atoms with E-state index in [0.717, 1.165) is 31.2 Å². The van der Waals surface area contributed by atoms with Crippen molar-refractivity contribution in [2.24, 2.45) is 4.99 Å². The molecule has 0 radical (unpaired) electrons. The molecular weight excluding hydrogens is 374 g/mol. The molecule has 0 atom stereocenters. The van der Waals surface area contributed by atoms with Gasteiger partial charge >= 0.3 is 0 Å². The van der Waals surface area contributed by atoms with E-state index in [2.05, 4.69) is 58.6 Å². The SMILES string of the molecule is CCN(CC)Cc1cccc(CNC(=NC)NCc2ccc(C(=O)N(C)C)cc2)c1. The Bertz CT molecular complexity index is 826. The molecule has 6 nitrogen and oxygen atoms in total. The van der Waals surface area contributed by atoms with Crippen molar-refractivity contribution in [1.29, 1.82) is 0 Å². The standard InChI is InChI=1S/C24H35N5O/c1-6-29(7-2)18-21-10-8-9-20(15-21)17-27-24(25-3)26-16-19-11-13-22(14-12-19)23(30)28(4)5/h8-15H,6-7,16-18H2,1-5H3,(H2,25,26,27). The third-order valence-electron chi connectivity index (χ3n) is 5.04. The monoisotopic (exact) mass is 409 g/mol. The van der Waals surface area contributed by atoms with Gasteiger partial charge in [-0.25, -0.2) is 0 Å². The van der Waals surface area contributed by atoms with Gasteiger partial charge in [-0.2, -0.15) is 0 Å². The number of hydrogen-bond donors (Lipinski definition) is 2. The van der Waals surface area contributed by atoms with Crippen LogP contribution in [0.5, 0.6) is 0 Å². The maximum atomic E-state index is 12.0. The molecule has 0 aliphatic heterocycles. The normalized spacial score (nSPS) is 11.5. The summed E-state index contributed by atoms with van der Waals surface area (Å²) in [5.74, 6) is 0.757. The molecule has 0 saturated carbocycles. The second-order valence-corrected chi connectivity index (χ2v) is 7.46. The molecule has 0 spiro atoms. The topological polar surface area (TPSA) is 60.0 Å². The lowest BCUT2D eigenvalue weighted by molar-refractivity contribution is 0.0827. The number of carbonyl (C=O) groups excluding carboxylic acids is 1. The quantitative estimate of drug-likeness (QED) is 0.494. The minimum absolute atomic E-state index is 0.00945. The molecule has 1 amide bonds. The molecule has 0 aromatic heterocycles. The van der Waals surface area contributed by atoms with E-state index in [1.807, 2.05) is 24.3 Å². The number of nitrogens with one attached hydrogen (secondary N) is 2. The van der Waals surface area contributed by atoms with Gasteiger partial charge in [-0.05, 0) is 41.9 Å². The first kappa shape index (κ1) is 23.4.